The third kappa shape index (κ3) is 3.53. The van der Waals surface area contributed by atoms with Crippen LogP contribution in [-0.4, -0.2) is 63.6 Å². The molecule has 1 saturated carbocycles. The lowest BCUT2D eigenvalue weighted by Gasteiger charge is -2.23. The van der Waals surface area contributed by atoms with Gasteiger partial charge in [-0.2, -0.15) is 4.31 Å². The maximum atomic E-state index is 12.9. The average Bonchev–Trinajstić information content (AvgIpc) is 3.10. The molecule has 0 radical (unpaired) electrons. The summed E-state index contributed by atoms with van der Waals surface area (Å²) >= 11 is 0. The van der Waals surface area contributed by atoms with Crippen LogP contribution >= 0.6 is 0 Å². The molecule has 0 N–H and O–H groups in total. The standard InChI is InChI=1S/C22H34N2O3S/c1-21-17-24(28(25,26)19-10-4-3-5-11-19)18-22(21,2)20(21)16-27-15-9-8-14-23-12-6-7-13-23/h3-5,10-11,20H,6-9,12-18H2,1-2H3. The lowest BCUT2D eigenvalue weighted by atomic mass is 10.0. The quantitative estimate of drug-likeness (QED) is 0.591. The molecule has 2 unspecified atom stereocenters. The number of unbranched alkanes of at least 4 members (excludes halogenated alkanes) is 1. The molecule has 6 heteroatoms. The van der Waals surface area contributed by atoms with Gasteiger partial charge in [0.25, 0.3) is 0 Å². The zero-order chi connectivity index (χ0) is 19.8. The van der Waals surface area contributed by atoms with Crippen LogP contribution in [-0.2, 0) is 14.8 Å². The number of ether oxygens (including phenoxy) is 1. The lowest BCUT2D eigenvalue weighted by molar-refractivity contribution is 0.0991. The van der Waals surface area contributed by atoms with Gasteiger partial charge in [-0.25, -0.2) is 8.42 Å². The Morgan fingerprint density at radius 3 is 2.32 bits per heavy atom. The first kappa shape index (κ1) is 20.3. The minimum Gasteiger partial charge on any atom is -0.381 e. The number of piperidine rings is 1. The number of fused-ring (bicyclic) bond motifs is 1. The molecule has 156 valence electrons. The molecule has 0 spiro atoms. The highest BCUT2D eigenvalue weighted by atomic mass is 32.2. The van der Waals surface area contributed by atoms with E-state index >= 15 is 0 Å². The van der Waals surface area contributed by atoms with Crippen molar-refractivity contribution in [1.29, 1.82) is 0 Å². The zero-order valence-corrected chi connectivity index (χ0v) is 18.1. The van der Waals surface area contributed by atoms with E-state index < -0.39 is 10.0 Å². The molecule has 2 aliphatic heterocycles. The Balaban J connectivity index is 1.23. The Kier molecular flexibility index (Phi) is 5.60. The van der Waals surface area contributed by atoms with Crippen molar-refractivity contribution in [2.24, 2.45) is 16.7 Å². The molecule has 0 aromatic heterocycles. The second kappa shape index (κ2) is 7.71. The van der Waals surface area contributed by atoms with E-state index in [1.165, 1.54) is 38.9 Å². The van der Waals surface area contributed by atoms with Crippen LogP contribution < -0.4 is 0 Å². The predicted molar refractivity (Wildman–Crippen MR) is 111 cm³/mol. The summed E-state index contributed by atoms with van der Waals surface area (Å²) in [5, 5.41) is 0. The van der Waals surface area contributed by atoms with E-state index in [9.17, 15) is 8.42 Å². The van der Waals surface area contributed by atoms with Crippen LogP contribution in [0.15, 0.2) is 35.2 Å². The third-order valence-corrected chi connectivity index (χ3v) is 9.45. The van der Waals surface area contributed by atoms with Gasteiger partial charge in [0.05, 0.1) is 11.5 Å². The number of hydrogen-bond donors (Lipinski definition) is 0. The normalized spacial score (nSPS) is 33.3. The maximum Gasteiger partial charge on any atom is 0.243 e. The van der Waals surface area contributed by atoms with Crippen LogP contribution in [0.1, 0.15) is 39.5 Å². The second-order valence-electron chi connectivity index (χ2n) is 9.30. The maximum absolute atomic E-state index is 12.9. The van der Waals surface area contributed by atoms with Gasteiger partial charge in [0.2, 0.25) is 10.0 Å². The topological polar surface area (TPSA) is 49.9 Å². The van der Waals surface area contributed by atoms with E-state index in [2.05, 4.69) is 18.7 Å². The molecule has 1 aromatic rings. The Bertz CT molecular complexity index is 760. The Labute approximate surface area is 170 Å². The molecule has 0 amide bonds. The van der Waals surface area contributed by atoms with Gasteiger partial charge < -0.3 is 9.64 Å². The molecule has 3 fully saturated rings. The number of benzene rings is 1. The third-order valence-electron chi connectivity index (χ3n) is 7.65. The molecule has 5 nitrogen and oxygen atoms in total. The van der Waals surface area contributed by atoms with Gasteiger partial charge >= 0.3 is 0 Å². The fraction of sp³-hybridized carbons (Fsp3) is 0.727. The first-order valence-corrected chi connectivity index (χ1v) is 12.2. The molecule has 0 bridgehead atoms. The van der Waals surface area contributed by atoms with Gasteiger partial charge in [-0.05, 0) is 74.2 Å². The van der Waals surface area contributed by atoms with Crippen LogP contribution in [0.5, 0.6) is 0 Å². The largest absolute Gasteiger partial charge is 0.381 e. The van der Waals surface area contributed by atoms with Crippen molar-refractivity contribution >= 4 is 10.0 Å². The summed E-state index contributed by atoms with van der Waals surface area (Å²) in [7, 11) is -3.39. The van der Waals surface area contributed by atoms with Gasteiger partial charge in [-0.15, -0.1) is 0 Å². The molecule has 1 aromatic carbocycles. The van der Waals surface area contributed by atoms with Crippen molar-refractivity contribution in [3.8, 4) is 0 Å². The van der Waals surface area contributed by atoms with Gasteiger partial charge in [0.15, 0.2) is 0 Å². The predicted octanol–water partition coefficient (Wildman–Crippen LogP) is 3.23. The van der Waals surface area contributed by atoms with Crippen LogP contribution in [0.25, 0.3) is 0 Å². The number of hydrogen-bond acceptors (Lipinski definition) is 4. The highest BCUT2D eigenvalue weighted by molar-refractivity contribution is 7.89. The summed E-state index contributed by atoms with van der Waals surface area (Å²) in [6, 6.07) is 8.79. The summed E-state index contributed by atoms with van der Waals surface area (Å²) in [6.07, 6.45) is 5.03. The minimum absolute atomic E-state index is 0.0321. The first-order chi connectivity index (χ1) is 13.4. The van der Waals surface area contributed by atoms with Crippen LogP contribution in [0.2, 0.25) is 0 Å². The number of nitrogens with zero attached hydrogens (tertiary/aromatic N) is 2. The lowest BCUT2D eigenvalue weighted by Crippen LogP contribution is -2.34. The molecule has 3 aliphatic rings. The van der Waals surface area contributed by atoms with E-state index in [1.807, 2.05) is 6.07 Å². The molecular formula is C22H34N2O3S. The van der Waals surface area contributed by atoms with E-state index in [0.29, 0.717) is 23.9 Å². The highest BCUT2D eigenvalue weighted by Crippen LogP contribution is 2.73. The van der Waals surface area contributed by atoms with E-state index in [0.717, 1.165) is 19.6 Å². The van der Waals surface area contributed by atoms with Crippen molar-refractivity contribution in [3.05, 3.63) is 30.3 Å². The molecule has 28 heavy (non-hydrogen) atoms. The molecule has 2 heterocycles. The molecule has 2 saturated heterocycles. The summed E-state index contributed by atoms with van der Waals surface area (Å²) in [4.78, 5) is 2.95. The van der Waals surface area contributed by atoms with Crippen molar-refractivity contribution in [2.45, 2.75) is 44.4 Å². The Morgan fingerprint density at radius 2 is 1.68 bits per heavy atom. The highest BCUT2D eigenvalue weighted by Gasteiger charge is 2.75. The molecule has 4 rings (SSSR count). The number of rotatable bonds is 9. The number of sulfonamides is 1. The fourth-order valence-corrected chi connectivity index (χ4v) is 7.15. The fourth-order valence-electron chi connectivity index (χ4n) is 5.47. The van der Waals surface area contributed by atoms with Gasteiger partial charge in [-0.1, -0.05) is 32.0 Å². The van der Waals surface area contributed by atoms with Crippen LogP contribution in [0, 0.1) is 16.7 Å². The average molecular weight is 407 g/mol. The Morgan fingerprint density at radius 1 is 1.04 bits per heavy atom. The number of likely N-dealkylation sites (tertiary alicyclic amines) is 1. The SMILES string of the molecule is CC12CN(S(=O)(=O)c3ccccc3)CC1(C)C2COCCCCN1CCCC1. The first-order valence-electron chi connectivity index (χ1n) is 10.7. The van der Waals surface area contributed by atoms with Crippen LogP contribution in [0.3, 0.4) is 0 Å². The van der Waals surface area contributed by atoms with Crippen molar-refractivity contribution < 1.29 is 13.2 Å². The van der Waals surface area contributed by atoms with E-state index in [4.69, 9.17) is 4.74 Å². The van der Waals surface area contributed by atoms with Crippen LogP contribution in [0.4, 0.5) is 0 Å². The van der Waals surface area contributed by atoms with E-state index in [-0.39, 0.29) is 10.8 Å². The summed E-state index contributed by atoms with van der Waals surface area (Å²) in [6.45, 7) is 11.0. The molecule has 2 atom stereocenters. The van der Waals surface area contributed by atoms with Crippen molar-refractivity contribution in [3.63, 3.8) is 0 Å². The summed E-state index contributed by atoms with van der Waals surface area (Å²) < 4.78 is 33.5. The smallest absolute Gasteiger partial charge is 0.243 e. The molecular weight excluding hydrogens is 372 g/mol. The van der Waals surface area contributed by atoms with Gasteiger partial charge in [0, 0.05) is 19.7 Å². The van der Waals surface area contributed by atoms with Gasteiger partial charge in [0.1, 0.15) is 0 Å². The Hall–Kier alpha value is -0.950. The minimum atomic E-state index is -3.39. The monoisotopic (exact) mass is 406 g/mol. The second-order valence-corrected chi connectivity index (χ2v) is 11.2. The van der Waals surface area contributed by atoms with Crippen molar-refractivity contribution in [1.82, 2.24) is 9.21 Å². The molecule has 1 aliphatic carbocycles. The zero-order valence-electron chi connectivity index (χ0n) is 17.3. The van der Waals surface area contributed by atoms with Crippen molar-refractivity contribution in [2.75, 3.05) is 45.9 Å². The summed E-state index contributed by atoms with van der Waals surface area (Å²) in [5.74, 6) is 0.459. The van der Waals surface area contributed by atoms with E-state index in [1.54, 1.807) is 28.6 Å². The summed E-state index contributed by atoms with van der Waals surface area (Å²) in [5.41, 5.74) is 0.0643. The van der Waals surface area contributed by atoms with Gasteiger partial charge in [-0.3, -0.25) is 0 Å².